The Bertz CT molecular complexity index is 808. The number of hydrogen-bond acceptors (Lipinski definition) is 3. The Morgan fingerprint density at radius 3 is 2.50 bits per heavy atom. The number of nitrogens with two attached hydrogens (primary N) is 1. The highest BCUT2D eigenvalue weighted by Gasteiger charge is 2.44. The average Bonchev–Trinajstić information content (AvgIpc) is 3.33. The lowest BCUT2D eigenvalue weighted by Crippen LogP contribution is -2.38. The van der Waals surface area contributed by atoms with E-state index in [0.29, 0.717) is 5.56 Å². The predicted octanol–water partition coefficient (Wildman–Crippen LogP) is 2.63. The van der Waals surface area contributed by atoms with Crippen LogP contribution < -0.4 is 11.1 Å². The molecule has 1 fully saturated rings. The summed E-state index contributed by atoms with van der Waals surface area (Å²) in [5, 5.41) is 3.13. The number of nitrogens with one attached hydrogen (secondary N) is 1. The van der Waals surface area contributed by atoms with Crippen molar-refractivity contribution in [2.45, 2.75) is 36.8 Å². The number of likely N-dealkylation sites (N-methyl/N-ethyl adjacent to an activating group) is 1. The summed E-state index contributed by atoms with van der Waals surface area (Å²) in [6.45, 7) is 1.06. The molecule has 2 aliphatic carbocycles. The molecule has 2 aromatic carbocycles. The van der Waals surface area contributed by atoms with Gasteiger partial charge in [0.15, 0.2) is 0 Å². The lowest BCUT2D eigenvalue weighted by molar-refractivity contribution is 0.0933. The fourth-order valence-corrected chi connectivity index (χ4v) is 4.30. The van der Waals surface area contributed by atoms with E-state index in [2.05, 4.69) is 48.6 Å². The first-order valence-corrected chi connectivity index (χ1v) is 9.38. The van der Waals surface area contributed by atoms with Crippen LogP contribution in [-0.2, 0) is 11.8 Å². The van der Waals surface area contributed by atoms with Crippen LogP contribution in [0.2, 0.25) is 0 Å². The number of amides is 1. The normalized spacial score (nSPS) is 22.9. The van der Waals surface area contributed by atoms with Gasteiger partial charge in [0.1, 0.15) is 0 Å². The maximum Gasteiger partial charge on any atom is 0.251 e. The summed E-state index contributed by atoms with van der Waals surface area (Å²) >= 11 is 0. The van der Waals surface area contributed by atoms with Gasteiger partial charge in [-0.15, -0.1) is 0 Å². The average molecular weight is 349 g/mol. The van der Waals surface area contributed by atoms with Crippen molar-refractivity contribution >= 4 is 5.91 Å². The van der Waals surface area contributed by atoms with Crippen LogP contribution in [0.15, 0.2) is 48.5 Å². The van der Waals surface area contributed by atoms with Crippen LogP contribution in [0.4, 0.5) is 0 Å². The van der Waals surface area contributed by atoms with Crippen LogP contribution in [0.1, 0.15) is 45.9 Å². The predicted molar refractivity (Wildman–Crippen MR) is 104 cm³/mol. The minimum Gasteiger partial charge on any atom is -0.344 e. The number of fused-ring (bicyclic) bond motifs is 1. The monoisotopic (exact) mass is 349 g/mol. The first-order chi connectivity index (χ1) is 12.5. The van der Waals surface area contributed by atoms with Gasteiger partial charge < -0.3 is 16.0 Å². The van der Waals surface area contributed by atoms with Crippen LogP contribution in [-0.4, -0.2) is 37.5 Å². The third-order valence-corrected chi connectivity index (χ3v) is 5.79. The smallest absolute Gasteiger partial charge is 0.251 e. The summed E-state index contributed by atoms with van der Waals surface area (Å²) in [6, 6.07) is 16.2. The van der Waals surface area contributed by atoms with Gasteiger partial charge in [-0.1, -0.05) is 36.4 Å². The summed E-state index contributed by atoms with van der Waals surface area (Å²) in [6.07, 6.45) is 3.27. The van der Waals surface area contributed by atoms with Crippen molar-refractivity contribution in [2.24, 2.45) is 5.73 Å². The Labute approximate surface area is 155 Å². The SMILES string of the molecule is CN(C)CC1(c2ccc(C(=O)NC3c4ccccc4CC3N)cc2)CC1. The fraction of sp³-hybridized carbons (Fsp3) is 0.409. The van der Waals surface area contributed by atoms with Gasteiger partial charge in [0, 0.05) is 23.6 Å². The van der Waals surface area contributed by atoms with E-state index in [9.17, 15) is 4.79 Å². The minimum absolute atomic E-state index is 0.0499. The third-order valence-electron chi connectivity index (χ3n) is 5.79. The van der Waals surface area contributed by atoms with Crippen molar-refractivity contribution in [3.8, 4) is 0 Å². The molecule has 26 heavy (non-hydrogen) atoms. The molecule has 0 bridgehead atoms. The van der Waals surface area contributed by atoms with E-state index in [1.807, 2.05) is 24.3 Å². The van der Waals surface area contributed by atoms with Crippen LogP contribution in [0, 0.1) is 0 Å². The lowest BCUT2D eigenvalue weighted by Gasteiger charge is -2.21. The summed E-state index contributed by atoms with van der Waals surface area (Å²) in [4.78, 5) is 15.0. The summed E-state index contributed by atoms with van der Waals surface area (Å²) in [5.74, 6) is -0.0499. The number of rotatable bonds is 5. The molecule has 4 heteroatoms. The molecule has 1 saturated carbocycles. The fourth-order valence-electron chi connectivity index (χ4n) is 4.30. The molecule has 2 aliphatic rings. The van der Waals surface area contributed by atoms with Crippen LogP contribution in [0.5, 0.6) is 0 Å². The van der Waals surface area contributed by atoms with Crippen molar-refractivity contribution in [1.82, 2.24) is 10.2 Å². The van der Waals surface area contributed by atoms with Crippen molar-refractivity contribution < 1.29 is 4.79 Å². The highest BCUT2D eigenvalue weighted by atomic mass is 16.1. The summed E-state index contributed by atoms with van der Waals surface area (Å²) < 4.78 is 0. The van der Waals surface area contributed by atoms with E-state index in [1.165, 1.54) is 24.0 Å². The largest absolute Gasteiger partial charge is 0.344 e. The van der Waals surface area contributed by atoms with Crippen molar-refractivity contribution in [2.75, 3.05) is 20.6 Å². The molecule has 0 saturated heterocycles. The van der Waals surface area contributed by atoms with E-state index in [-0.39, 0.29) is 23.4 Å². The molecule has 0 aliphatic heterocycles. The standard InChI is InChI=1S/C22H27N3O/c1-25(2)14-22(11-12-22)17-9-7-15(8-10-17)21(26)24-20-18-6-4-3-5-16(18)13-19(20)23/h3-10,19-20H,11-14,23H2,1-2H3,(H,24,26). The Balaban J connectivity index is 1.48. The zero-order valence-corrected chi connectivity index (χ0v) is 15.5. The zero-order valence-electron chi connectivity index (χ0n) is 15.5. The second-order valence-corrected chi connectivity index (χ2v) is 8.11. The van der Waals surface area contributed by atoms with E-state index >= 15 is 0 Å². The van der Waals surface area contributed by atoms with Crippen molar-refractivity contribution in [3.05, 3.63) is 70.8 Å². The molecule has 0 aromatic heterocycles. The molecule has 0 spiro atoms. The maximum absolute atomic E-state index is 12.7. The number of nitrogens with zero attached hydrogens (tertiary/aromatic N) is 1. The molecule has 0 radical (unpaired) electrons. The van der Waals surface area contributed by atoms with Gasteiger partial charge in [-0.2, -0.15) is 0 Å². The first kappa shape index (κ1) is 17.3. The molecule has 136 valence electrons. The first-order valence-electron chi connectivity index (χ1n) is 9.38. The van der Waals surface area contributed by atoms with Gasteiger partial charge in [-0.05, 0) is 62.2 Å². The third kappa shape index (κ3) is 3.15. The number of carbonyl (C=O) groups excluding carboxylic acids is 1. The van der Waals surface area contributed by atoms with E-state index in [1.54, 1.807) is 0 Å². The Hall–Kier alpha value is -2.17. The number of hydrogen-bond donors (Lipinski definition) is 2. The Morgan fingerprint density at radius 2 is 1.85 bits per heavy atom. The molecule has 2 unspecified atom stereocenters. The van der Waals surface area contributed by atoms with Crippen molar-refractivity contribution in [3.63, 3.8) is 0 Å². The van der Waals surface area contributed by atoms with Gasteiger partial charge >= 0.3 is 0 Å². The highest BCUT2D eigenvalue weighted by molar-refractivity contribution is 5.94. The van der Waals surface area contributed by atoms with E-state index in [0.717, 1.165) is 18.5 Å². The van der Waals surface area contributed by atoms with Crippen LogP contribution in [0.3, 0.4) is 0 Å². The Kier molecular flexibility index (Phi) is 4.33. The van der Waals surface area contributed by atoms with Crippen LogP contribution in [0.25, 0.3) is 0 Å². The van der Waals surface area contributed by atoms with E-state index < -0.39 is 0 Å². The molecule has 4 rings (SSSR count). The summed E-state index contributed by atoms with van der Waals surface area (Å²) in [5.41, 5.74) is 11.0. The summed E-state index contributed by atoms with van der Waals surface area (Å²) in [7, 11) is 4.23. The van der Waals surface area contributed by atoms with Gasteiger partial charge in [0.25, 0.3) is 5.91 Å². The molecule has 4 nitrogen and oxygen atoms in total. The molecular weight excluding hydrogens is 322 g/mol. The molecule has 1 amide bonds. The molecule has 2 atom stereocenters. The van der Waals surface area contributed by atoms with Gasteiger partial charge in [0.2, 0.25) is 0 Å². The van der Waals surface area contributed by atoms with E-state index in [4.69, 9.17) is 5.73 Å². The molecular formula is C22H27N3O. The Morgan fingerprint density at radius 1 is 1.15 bits per heavy atom. The van der Waals surface area contributed by atoms with Gasteiger partial charge in [-0.25, -0.2) is 0 Å². The number of carbonyl (C=O) groups is 1. The second kappa shape index (κ2) is 6.53. The van der Waals surface area contributed by atoms with Gasteiger partial charge in [-0.3, -0.25) is 4.79 Å². The molecule has 0 heterocycles. The van der Waals surface area contributed by atoms with Crippen molar-refractivity contribution in [1.29, 1.82) is 0 Å². The highest BCUT2D eigenvalue weighted by Crippen LogP contribution is 2.48. The van der Waals surface area contributed by atoms with Gasteiger partial charge in [0.05, 0.1) is 6.04 Å². The zero-order chi connectivity index (χ0) is 18.3. The topological polar surface area (TPSA) is 58.4 Å². The maximum atomic E-state index is 12.7. The lowest BCUT2D eigenvalue weighted by atomic mass is 9.94. The minimum atomic E-state index is -0.109. The quantitative estimate of drug-likeness (QED) is 0.872. The second-order valence-electron chi connectivity index (χ2n) is 8.11. The molecule has 3 N–H and O–H groups in total. The number of benzene rings is 2. The van der Waals surface area contributed by atoms with Crippen LogP contribution >= 0.6 is 0 Å². The molecule has 2 aromatic rings.